The third kappa shape index (κ3) is 9.10. The highest BCUT2D eigenvalue weighted by Crippen LogP contribution is 2.56. The number of nitrogens with two attached hydrogens (primary N) is 1. The van der Waals surface area contributed by atoms with Crippen LogP contribution in [-0.4, -0.2) is 0 Å². The Labute approximate surface area is 363 Å². The molecule has 0 fully saturated rings. The second-order valence-corrected chi connectivity index (χ2v) is 14.8. The molecule has 8 aromatic carbocycles. The van der Waals surface area contributed by atoms with Gasteiger partial charge in [0.15, 0.2) is 0 Å². The van der Waals surface area contributed by atoms with Crippen LogP contribution in [0.25, 0.3) is 43.4 Å². The van der Waals surface area contributed by atoms with Gasteiger partial charge in [-0.25, -0.2) is 0 Å². The summed E-state index contributed by atoms with van der Waals surface area (Å²) in [4.78, 5) is 0. The van der Waals surface area contributed by atoms with Crippen LogP contribution in [0.5, 0.6) is 0 Å². The van der Waals surface area contributed by atoms with E-state index < -0.39 is 0 Å². The molecule has 0 radical (unpaired) electrons. The maximum atomic E-state index is 5.78. The molecule has 8 aromatic rings. The van der Waals surface area contributed by atoms with Gasteiger partial charge in [-0.3, -0.25) is 0 Å². The molecule has 9 rings (SSSR count). The summed E-state index contributed by atoms with van der Waals surface area (Å²) in [5, 5.41) is 11.0. The maximum absolute atomic E-state index is 5.78. The molecule has 0 amide bonds. The van der Waals surface area contributed by atoms with Crippen molar-refractivity contribution >= 4 is 43.7 Å². The summed E-state index contributed by atoms with van der Waals surface area (Å²) in [6, 6.07) is 59.6. The van der Waals surface area contributed by atoms with Crippen molar-refractivity contribution in [1.29, 1.82) is 0 Å². The zero-order chi connectivity index (χ0) is 43.2. The lowest BCUT2D eigenvalue weighted by Gasteiger charge is -2.34. The monoisotopic (exact) mass is 792 g/mol. The van der Waals surface area contributed by atoms with Crippen LogP contribution in [0, 0.1) is 6.92 Å². The molecule has 1 atom stereocenters. The van der Waals surface area contributed by atoms with Crippen molar-refractivity contribution in [3.05, 3.63) is 266 Å². The minimum atomic E-state index is -0.389. The van der Waals surface area contributed by atoms with Crippen LogP contribution in [0.2, 0.25) is 0 Å². The molecule has 1 aliphatic carbocycles. The summed E-state index contributed by atoms with van der Waals surface area (Å²) < 4.78 is 0. The SMILES string of the molecule is C/C=C\C.C=C(/C=C\C=C/C)Nc1ccccc1N.C=CC=C.Cc1ccc2c(c1)C(c1ccccc1)(c1ccc3c4ccccc4c4ccccc4c3c1)c1ccccc1-2. The predicted octanol–water partition coefficient (Wildman–Crippen LogP) is 16.1. The van der Waals surface area contributed by atoms with Crippen LogP contribution in [0.15, 0.2) is 238 Å². The molecule has 0 bridgehead atoms. The lowest BCUT2D eigenvalue weighted by atomic mass is 9.67. The van der Waals surface area contributed by atoms with E-state index in [2.05, 4.69) is 172 Å². The van der Waals surface area contributed by atoms with Crippen LogP contribution in [0.3, 0.4) is 0 Å². The van der Waals surface area contributed by atoms with Crippen molar-refractivity contribution < 1.29 is 0 Å². The molecule has 1 aliphatic rings. The van der Waals surface area contributed by atoms with Gasteiger partial charge in [-0.05, 0) is 118 Å². The number of rotatable bonds is 7. The molecule has 0 spiro atoms. The third-order valence-corrected chi connectivity index (χ3v) is 10.9. The van der Waals surface area contributed by atoms with E-state index in [4.69, 9.17) is 5.73 Å². The number of para-hydroxylation sites is 2. The van der Waals surface area contributed by atoms with Crippen LogP contribution in [0.4, 0.5) is 11.4 Å². The first kappa shape index (κ1) is 43.2. The lowest BCUT2D eigenvalue weighted by Crippen LogP contribution is -2.28. The highest BCUT2D eigenvalue weighted by atomic mass is 14.9. The molecule has 61 heavy (non-hydrogen) atoms. The maximum Gasteiger partial charge on any atom is 0.0713 e. The molecule has 1 unspecified atom stereocenters. The van der Waals surface area contributed by atoms with Gasteiger partial charge in [-0.15, -0.1) is 0 Å². The van der Waals surface area contributed by atoms with Gasteiger partial charge in [-0.2, -0.15) is 0 Å². The molecule has 0 saturated heterocycles. The number of allylic oxidation sites excluding steroid dienone is 8. The first-order valence-electron chi connectivity index (χ1n) is 20.8. The van der Waals surface area contributed by atoms with Crippen LogP contribution < -0.4 is 11.1 Å². The number of benzene rings is 8. The lowest BCUT2D eigenvalue weighted by molar-refractivity contribution is 0.769. The van der Waals surface area contributed by atoms with Crippen molar-refractivity contribution in [2.75, 3.05) is 11.1 Å². The molecule has 2 nitrogen and oxygen atoms in total. The van der Waals surface area contributed by atoms with Crippen LogP contribution >= 0.6 is 0 Å². The van der Waals surface area contributed by atoms with Gasteiger partial charge < -0.3 is 11.1 Å². The number of hydrogen-bond acceptors (Lipinski definition) is 2. The van der Waals surface area contributed by atoms with Crippen LogP contribution in [-0.2, 0) is 5.41 Å². The third-order valence-electron chi connectivity index (χ3n) is 10.9. The molecule has 302 valence electrons. The quantitative estimate of drug-likeness (QED) is 0.0730. The number of nitrogen functional groups attached to an aromatic ring is 1. The average molecular weight is 793 g/mol. The fourth-order valence-electron chi connectivity index (χ4n) is 8.12. The van der Waals surface area contributed by atoms with Crippen LogP contribution in [0.1, 0.15) is 48.6 Å². The zero-order valence-corrected chi connectivity index (χ0v) is 35.9. The number of anilines is 2. The molecule has 0 aliphatic heterocycles. The van der Waals surface area contributed by atoms with Crippen molar-refractivity contribution in [2.45, 2.75) is 33.1 Å². The summed E-state index contributed by atoms with van der Waals surface area (Å²) in [5.41, 5.74) is 17.1. The van der Waals surface area contributed by atoms with E-state index >= 15 is 0 Å². The van der Waals surface area contributed by atoms with Gasteiger partial charge in [0.1, 0.15) is 0 Å². The van der Waals surface area contributed by atoms with E-state index in [0.717, 1.165) is 17.1 Å². The highest BCUT2D eigenvalue weighted by molar-refractivity contribution is 6.25. The Bertz CT molecular complexity index is 2850. The van der Waals surface area contributed by atoms with Crippen molar-refractivity contribution in [2.24, 2.45) is 0 Å². The summed E-state index contributed by atoms with van der Waals surface area (Å²) in [6.45, 7) is 18.8. The molecule has 3 N–H and O–H groups in total. The van der Waals surface area contributed by atoms with E-state index in [1.165, 1.54) is 71.3 Å². The van der Waals surface area contributed by atoms with E-state index in [-0.39, 0.29) is 5.41 Å². The van der Waals surface area contributed by atoms with E-state index in [0.29, 0.717) is 0 Å². The average Bonchev–Trinajstić information content (AvgIpc) is 3.60. The zero-order valence-electron chi connectivity index (χ0n) is 35.9. The first-order chi connectivity index (χ1) is 29.8. The van der Waals surface area contributed by atoms with Gasteiger partial charge in [-0.1, -0.05) is 213 Å². The summed E-state index contributed by atoms with van der Waals surface area (Å²) in [6.07, 6.45) is 15.0. The number of hydrogen-bond donors (Lipinski definition) is 2. The highest BCUT2D eigenvalue weighted by Gasteiger charge is 2.46. The second kappa shape index (κ2) is 20.5. The van der Waals surface area contributed by atoms with Crippen molar-refractivity contribution in [3.63, 3.8) is 0 Å². The normalized spacial score (nSPS) is 13.7. The van der Waals surface area contributed by atoms with Gasteiger partial charge in [0.25, 0.3) is 0 Å². The summed E-state index contributed by atoms with van der Waals surface area (Å²) in [5.74, 6) is 0. The molecule has 0 saturated carbocycles. The second-order valence-electron chi connectivity index (χ2n) is 14.8. The largest absolute Gasteiger partial charge is 0.397 e. The fraction of sp³-hybridized carbons (Fsp3) is 0.0847. The van der Waals surface area contributed by atoms with Gasteiger partial charge >= 0.3 is 0 Å². The molecule has 0 aromatic heterocycles. The summed E-state index contributed by atoms with van der Waals surface area (Å²) in [7, 11) is 0. The molecular formula is C59H56N2. The van der Waals surface area contributed by atoms with E-state index in [1.54, 1.807) is 12.2 Å². The Kier molecular flexibility index (Phi) is 14.5. The number of aryl methyl sites for hydroxylation is 1. The molecule has 2 heteroatoms. The van der Waals surface area contributed by atoms with Crippen molar-refractivity contribution in [1.82, 2.24) is 0 Å². The standard InChI is InChI=1S/C38H26.C13H16N2.C4H8.C4H6/c1-25-19-21-34-33-17-9-10-18-36(33)38(37(34)23-25,26-11-3-2-4-12-26)27-20-22-32-30-15-6-5-13-28(30)29-14-7-8-16-31(29)35(32)24-27;1-3-4-5-8-11(2)15-13-10-7-6-9-12(13)14;2*1-3-4-2/h2-24H,1H3;3-10,15H,2,14H2,1H3;3-4H,1-2H3;3-4H,1-2H2/b;4-3-,8-5-;4-3-;. The Morgan fingerprint density at radius 1 is 0.508 bits per heavy atom. The predicted molar refractivity (Wildman–Crippen MR) is 269 cm³/mol. The van der Waals surface area contributed by atoms with E-state index in [1.807, 2.05) is 81.5 Å². The first-order valence-corrected chi connectivity index (χ1v) is 20.8. The fourth-order valence-corrected chi connectivity index (χ4v) is 8.12. The topological polar surface area (TPSA) is 38.0 Å². The minimum Gasteiger partial charge on any atom is -0.397 e. The van der Waals surface area contributed by atoms with Crippen molar-refractivity contribution in [3.8, 4) is 11.1 Å². The Morgan fingerprint density at radius 3 is 1.66 bits per heavy atom. The van der Waals surface area contributed by atoms with E-state index in [9.17, 15) is 0 Å². The smallest absolute Gasteiger partial charge is 0.0713 e. The Hall–Kier alpha value is -7.42. The molecular weight excluding hydrogens is 737 g/mol. The Morgan fingerprint density at radius 2 is 1.05 bits per heavy atom. The number of nitrogens with one attached hydrogen (secondary N) is 1. The molecule has 0 heterocycles. The Balaban J connectivity index is 0.000000225. The van der Waals surface area contributed by atoms with Gasteiger partial charge in [0.2, 0.25) is 0 Å². The van der Waals surface area contributed by atoms with Gasteiger partial charge in [0.05, 0.1) is 16.8 Å². The minimum absolute atomic E-state index is 0.389. The number of fused-ring (bicyclic) bond motifs is 9. The summed E-state index contributed by atoms with van der Waals surface area (Å²) >= 11 is 0. The van der Waals surface area contributed by atoms with Gasteiger partial charge in [0, 0.05) is 5.70 Å².